The van der Waals surface area contributed by atoms with Crippen LogP contribution < -0.4 is 0 Å². The summed E-state index contributed by atoms with van der Waals surface area (Å²) in [4.78, 5) is 8.31. The summed E-state index contributed by atoms with van der Waals surface area (Å²) in [5.41, 5.74) is 4.42. The Labute approximate surface area is 175 Å². The maximum atomic E-state index is 8.96. The molecule has 7 nitrogen and oxygen atoms in total. The van der Waals surface area contributed by atoms with Gasteiger partial charge in [-0.1, -0.05) is 25.5 Å². The second-order valence-corrected chi connectivity index (χ2v) is 7.47. The number of H-pyrrole nitrogens is 1. The van der Waals surface area contributed by atoms with Crippen molar-refractivity contribution in [3.63, 3.8) is 0 Å². The van der Waals surface area contributed by atoms with Crippen molar-refractivity contribution in [2.75, 3.05) is 0 Å². The molecule has 0 bridgehead atoms. The molecule has 164 valence electrons. The second kappa shape index (κ2) is 14.8. The zero-order valence-corrected chi connectivity index (χ0v) is 18.7. The number of aliphatic hydroxyl groups excluding tert-OH is 1. The lowest BCUT2D eigenvalue weighted by Crippen LogP contribution is -2.15. The highest BCUT2D eigenvalue weighted by Gasteiger charge is 2.00. The predicted octanol–water partition coefficient (Wildman–Crippen LogP) is 3.73. The van der Waals surface area contributed by atoms with E-state index in [2.05, 4.69) is 39.2 Å². The number of aromatic amines is 1. The zero-order valence-electron chi connectivity index (χ0n) is 18.7. The molecule has 4 N–H and O–H groups in total. The Kier molecular flexibility index (Phi) is 13.8. The van der Waals surface area contributed by atoms with Gasteiger partial charge < -0.3 is 15.3 Å². The van der Waals surface area contributed by atoms with Crippen molar-refractivity contribution in [3.8, 4) is 0 Å². The first-order valence-corrected chi connectivity index (χ1v) is 10.1. The van der Waals surface area contributed by atoms with Crippen molar-refractivity contribution >= 4 is 6.08 Å². The monoisotopic (exact) mass is 406 g/mol. The number of aryl methyl sites for hydroxylation is 3. The molecule has 2 aromatic rings. The van der Waals surface area contributed by atoms with Gasteiger partial charge >= 0.3 is 0 Å². The van der Waals surface area contributed by atoms with Crippen LogP contribution in [0, 0.1) is 13.8 Å². The van der Waals surface area contributed by atoms with E-state index in [4.69, 9.17) is 15.3 Å². The average Bonchev–Trinajstić information content (AvgIpc) is 3.10. The van der Waals surface area contributed by atoms with Crippen molar-refractivity contribution in [1.29, 1.82) is 0 Å². The van der Waals surface area contributed by atoms with Crippen molar-refractivity contribution < 1.29 is 15.3 Å². The minimum atomic E-state index is -1.50. The first kappa shape index (κ1) is 26.9. The fourth-order valence-corrected chi connectivity index (χ4v) is 2.22. The topological polar surface area (TPSA) is 115 Å². The van der Waals surface area contributed by atoms with E-state index in [1.807, 2.05) is 26.8 Å². The number of nitrogens with zero attached hydrogens (tertiary/aromatic N) is 3. The molecule has 0 aliphatic rings. The van der Waals surface area contributed by atoms with Crippen LogP contribution in [0.2, 0.25) is 0 Å². The van der Waals surface area contributed by atoms with Crippen LogP contribution in [-0.4, -0.2) is 47.4 Å². The minimum absolute atomic E-state index is 0.182. The highest BCUT2D eigenvalue weighted by Crippen LogP contribution is 2.10. The summed E-state index contributed by atoms with van der Waals surface area (Å²) < 4.78 is 0. The van der Waals surface area contributed by atoms with Crippen LogP contribution in [0.4, 0.5) is 0 Å². The molecule has 0 amide bonds. The largest absolute Gasteiger partial charge is 0.393 e. The van der Waals surface area contributed by atoms with Crippen molar-refractivity contribution in [2.45, 2.75) is 85.5 Å². The normalized spacial score (nSPS) is 12.0. The van der Waals surface area contributed by atoms with Crippen LogP contribution in [0.3, 0.4) is 0 Å². The third-order valence-corrected chi connectivity index (χ3v) is 3.65. The molecule has 0 saturated carbocycles. The molecule has 0 fully saturated rings. The van der Waals surface area contributed by atoms with Gasteiger partial charge in [-0.3, -0.25) is 5.10 Å². The van der Waals surface area contributed by atoms with E-state index >= 15 is 0 Å². The molecule has 0 aliphatic heterocycles. The number of rotatable bonds is 7. The van der Waals surface area contributed by atoms with Gasteiger partial charge in [-0.05, 0) is 66.4 Å². The number of hydrogen-bond acceptors (Lipinski definition) is 6. The Morgan fingerprint density at radius 2 is 1.76 bits per heavy atom. The number of allylic oxidation sites excluding steroid dienone is 1. The van der Waals surface area contributed by atoms with Gasteiger partial charge in [0.05, 0.1) is 6.10 Å². The lowest BCUT2D eigenvalue weighted by molar-refractivity contribution is -0.127. The van der Waals surface area contributed by atoms with Crippen molar-refractivity contribution in [2.24, 2.45) is 0 Å². The Bertz CT molecular complexity index is 652. The van der Waals surface area contributed by atoms with Gasteiger partial charge in [0.25, 0.3) is 0 Å². The van der Waals surface area contributed by atoms with Crippen LogP contribution in [0.5, 0.6) is 0 Å². The van der Waals surface area contributed by atoms with Crippen LogP contribution in [0.25, 0.3) is 6.08 Å². The SMILES string of the molecule is CC(C)(O)O.CC(O)CCCc1ccn[nH]1.CCC/C=C\c1c(C)ncnc1C. The summed E-state index contributed by atoms with van der Waals surface area (Å²) >= 11 is 0. The molecule has 0 aliphatic carbocycles. The van der Waals surface area contributed by atoms with Gasteiger partial charge in [0, 0.05) is 28.8 Å². The molecule has 0 aromatic carbocycles. The Balaban J connectivity index is 0.000000445. The van der Waals surface area contributed by atoms with Crippen molar-refractivity contribution in [3.05, 3.63) is 47.3 Å². The third kappa shape index (κ3) is 16.6. The maximum absolute atomic E-state index is 8.96. The highest BCUT2D eigenvalue weighted by molar-refractivity contribution is 5.53. The van der Waals surface area contributed by atoms with E-state index in [9.17, 15) is 0 Å². The van der Waals surface area contributed by atoms with E-state index in [0.717, 1.165) is 48.3 Å². The summed E-state index contributed by atoms with van der Waals surface area (Å²) in [6.45, 7) is 10.6. The van der Waals surface area contributed by atoms with Gasteiger partial charge in [-0.25, -0.2) is 9.97 Å². The number of nitrogens with one attached hydrogen (secondary N) is 1. The summed E-state index contributed by atoms with van der Waals surface area (Å²) in [5, 5.41) is 31.8. The number of unbranched alkanes of at least 4 members (excludes halogenated alkanes) is 1. The lowest BCUT2D eigenvalue weighted by atomic mass is 10.1. The number of hydrogen-bond donors (Lipinski definition) is 4. The van der Waals surface area contributed by atoms with Crippen LogP contribution >= 0.6 is 0 Å². The quantitative estimate of drug-likeness (QED) is 0.521. The number of aromatic nitrogens is 4. The van der Waals surface area contributed by atoms with E-state index < -0.39 is 5.79 Å². The fraction of sp³-hybridized carbons (Fsp3) is 0.591. The first-order valence-electron chi connectivity index (χ1n) is 10.1. The van der Waals surface area contributed by atoms with E-state index in [1.165, 1.54) is 20.3 Å². The Morgan fingerprint density at radius 3 is 2.21 bits per heavy atom. The molecule has 2 heterocycles. The van der Waals surface area contributed by atoms with Gasteiger partial charge in [-0.2, -0.15) is 5.10 Å². The zero-order chi connectivity index (χ0) is 22.3. The highest BCUT2D eigenvalue weighted by atomic mass is 16.5. The fourth-order valence-electron chi connectivity index (χ4n) is 2.22. The molecule has 0 saturated heterocycles. The molecular formula is C22H38N4O3. The summed E-state index contributed by atoms with van der Waals surface area (Å²) in [5.74, 6) is -1.50. The molecule has 29 heavy (non-hydrogen) atoms. The van der Waals surface area contributed by atoms with E-state index in [0.29, 0.717) is 0 Å². The molecule has 2 aromatic heterocycles. The summed E-state index contributed by atoms with van der Waals surface area (Å²) in [6, 6.07) is 1.96. The van der Waals surface area contributed by atoms with Gasteiger partial charge in [0.15, 0.2) is 5.79 Å². The maximum Gasteiger partial charge on any atom is 0.156 e. The van der Waals surface area contributed by atoms with Gasteiger partial charge in [-0.15, -0.1) is 0 Å². The van der Waals surface area contributed by atoms with Crippen LogP contribution in [0.1, 0.15) is 76.0 Å². The molecule has 1 atom stereocenters. The second-order valence-electron chi connectivity index (χ2n) is 7.47. The van der Waals surface area contributed by atoms with Crippen molar-refractivity contribution in [1.82, 2.24) is 20.2 Å². The lowest BCUT2D eigenvalue weighted by Gasteiger charge is -2.03. The standard InChI is InChI=1S/C11H16N2.C8H14N2O.C3H8O2/c1-4-5-6-7-11-9(2)12-8-13-10(11)3;1-7(11)3-2-4-8-5-6-9-10-8;1-3(2,4)5/h6-8H,4-5H2,1-3H3;5-7,11H,2-4H2,1H3,(H,9,10);4-5H,1-2H3/b7-6-;;. The summed E-state index contributed by atoms with van der Waals surface area (Å²) in [7, 11) is 0. The molecule has 7 heteroatoms. The van der Waals surface area contributed by atoms with E-state index in [1.54, 1.807) is 12.5 Å². The summed E-state index contributed by atoms with van der Waals surface area (Å²) in [6.07, 6.45) is 12.6. The molecule has 0 radical (unpaired) electrons. The minimum Gasteiger partial charge on any atom is -0.393 e. The first-order chi connectivity index (χ1) is 13.5. The Morgan fingerprint density at radius 1 is 1.17 bits per heavy atom. The van der Waals surface area contributed by atoms with Gasteiger partial charge in [0.1, 0.15) is 6.33 Å². The molecule has 1 unspecified atom stereocenters. The number of aliphatic hydroxyl groups is 3. The smallest absolute Gasteiger partial charge is 0.156 e. The molecular weight excluding hydrogens is 368 g/mol. The average molecular weight is 407 g/mol. The van der Waals surface area contributed by atoms with Crippen LogP contribution in [0.15, 0.2) is 24.7 Å². The predicted molar refractivity (Wildman–Crippen MR) is 117 cm³/mol. The van der Waals surface area contributed by atoms with Crippen LogP contribution in [-0.2, 0) is 6.42 Å². The third-order valence-electron chi connectivity index (χ3n) is 3.65. The Hall–Kier alpha value is -2.09. The molecule has 0 spiro atoms. The van der Waals surface area contributed by atoms with E-state index in [-0.39, 0.29) is 6.10 Å². The molecule has 2 rings (SSSR count). The van der Waals surface area contributed by atoms with Gasteiger partial charge in [0.2, 0.25) is 0 Å².